The molecule has 0 radical (unpaired) electrons. The molecule has 1 saturated heterocycles. The zero-order valence-corrected chi connectivity index (χ0v) is 13.6. The highest BCUT2D eigenvalue weighted by Crippen LogP contribution is 2.44. The SMILES string of the molecule is C[C@@H](N)C(=O)NC(=O)[C@@H]1CCCN1CB1Oc2cc3cc(c2O1)C3. The second-order valence-electron chi connectivity index (χ2n) is 6.72. The molecule has 1 aromatic carbocycles. The van der Waals surface area contributed by atoms with E-state index in [1.165, 1.54) is 11.1 Å². The third-order valence-corrected chi connectivity index (χ3v) is 4.80. The molecule has 2 aliphatic carbocycles. The van der Waals surface area contributed by atoms with Crippen LogP contribution >= 0.6 is 0 Å². The third-order valence-electron chi connectivity index (χ3n) is 4.80. The minimum atomic E-state index is -0.700. The Morgan fingerprint density at radius 3 is 2.96 bits per heavy atom. The zero-order valence-electron chi connectivity index (χ0n) is 13.6. The Hall–Kier alpha value is -2.06. The average Bonchev–Trinajstić information content (AvgIpc) is 3.11. The van der Waals surface area contributed by atoms with E-state index >= 15 is 0 Å². The van der Waals surface area contributed by atoms with Crippen LogP contribution in [-0.2, 0) is 16.0 Å². The topological polar surface area (TPSA) is 93.9 Å². The highest BCUT2D eigenvalue weighted by molar-refractivity contribution is 6.48. The molecule has 7 nitrogen and oxygen atoms in total. The molecule has 0 unspecified atom stereocenters. The number of hydrogen-bond donors (Lipinski definition) is 2. The number of nitrogens with one attached hydrogen (secondary N) is 1. The van der Waals surface area contributed by atoms with Crippen molar-refractivity contribution in [2.75, 3.05) is 13.0 Å². The van der Waals surface area contributed by atoms with E-state index in [2.05, 4.69) is 11.4 Å². The summed E-state index contributed by atoms with van der Waals surface area (Å²) in [6.45, 7) is 2.34. The number of carbonyl (C=O) groups is 2. The van der Waals surface area contributed by atoms with Gasteiger partial charge in [-0.05, 0) is 37.9 Å². The van der Waals surface area contributed by atoms with E-state index in [1.54, 1.807) is 6.92 Å². The number of imide groups is 1. The third kappa shape index (κ3) is 2.65. The van der Waals surface area contributed by atoms with Crippen LogP contribution in [0.5, 0.6) is 11.5 Å². The maximum Gasteiger partial charge on any atom is 0.610 e. The van der Waals surface area contributed by atoms with Crippen molar-refractivity contribution in [1.82, 2.24) is 10.2 Å². The summed E-state index contributed by atoms with van der Waals surface area (Å²) in [5.41, 5.74) is 7.95. The molecule has 0 aromatic heterocycles. The average molecular weight is 329 g/mol. The van der Waals surface area contributed by atoms with Crippen molar-refractivity contribution in [3.05, 3.63) is 23.3 Å². The second kappa shape index (κ2) is 5.79. The van der Waals surface area contributed by atoms with Gasteiger partial charge in [-0.15, -0.1) is 0 Å². The molecule has 4 aliphatic rings. The van der Waals surface area contributed by atoms with Crippen molar-refractivity contribution in [1.29, 1.82) is 0 Å². The van der Waals surface area contributed by atoms with Gasteiger partial charge >= 0.3 is 7.12 Å². The molecule has 5 rings (SSSR count). The van der Waals surface area contributed by atoms with Crippen molar-refractivity contribution >= 4 is 18.9 Å². The van der Waals surface area contributed by atoms with Crippen LogP contribution < -0.4 is 20.4 Å². The molecule has 2 aliphatic heterocycles. The smallest absolute Gasteiger partial charge is 0.522 e. The molecular formula is C16H20BN3O4. The number of rotatable bonds is 4. The number of nitrogens with two attached hydrogens (primary N) is 1. The van der Waals surface area contributed by atoms with Gasteiger partial charge in [-0.1, -0.05) is 6.07 Å². The van der Waals surface area contributed by atoms with E-state index in [9.17, 15) is 9.59 Å². The van der Waals surface area contributed by atoms with Crippen LogP contribution in [0.15, 0.2) is 12.1 Å². The molecule has 0 saturated carbocycles. The molecule has 0 spiro atoms. The normalized spacial score (nSPS) is 22.2. The first-order valence-corrected chi connectivity index (χ1v) is 8.34. The molecule has 2 heterocycles. The number of hydrogen-bond acceptors (Lipinski definition) is 6. The fraction of sp³-hybridized carbons (Fsp3) is 0.500. The van der Waals surface area contributed by atoms with Gasteiger partial charge in [-0.2, -0.15) is 0 Å². The monoisotopic (exact) mass is 329 g/mol. The van der Waals surface area contributed by atoms with E-state index in [1.807, 2.05) is 11.0 Å². The molecular weight excluding hydrogens is 309 g/mol. The molecule has 24 heavy (non-hydrogen) atoms. The Balaban J connectivity index is 1.37. The summed E-state index contributed by atoms with van der Waals surface area (Å²) < 4.78 is 11.8. The van der Waals surface area contributed by atoms with Crippen LogP contribution in [0.4, 0.5) is 0 Å². The summed E-state index contributed by atoms with van der Waals surface area (Å²) in [6.07, 6.45) is 3.06. The molecule has 3 N–H and O–H groups in total. The maximum atomic E-state index is 12.3. The van der Waals surface area contributed by atoms with Gasteiger partial charge in [-0.3, -0.25) is 19.8 Å². The Bertz CT molecular complexity index is 709. The predicted octanol–water partition coefficient (Wildman–Crippen LogP) is -0.156. The Morgan fingerprint density at radius 2 is 2.25 bits per heavy atom. The predicted molar refractivity (Wildman–Crippen MR) is 87.7 cm³/mol. The molecule has 2 amide bonds. The number of benzene rings is 1. The lowest BCUT2D eigenvalue weighted by molar-refractivity contribution is -0.133. The van der Waals surface area contributed by atoms with Gasteiger partial charge in [0.05, 0.1) is 18.5 Å². The van der Waals surface area contributed by atoms with E-state index in [0.29, 0.717) is 12.9 Å². The molecule has 1 fully saturated rings. The number of likely N-dealkylation sites (tertiary alicyclic amines) is 1. The summed E-state index contributed by atoms with van der Waals surface area (Å²) in [7, 11) is -0.412. The van der Waals surface area contributed by atoms with E-state index in [4.69, 9.17) is 15.0 Å². The lowest BCUT2D eigenvalue weighted by Gasteiger charge is -2.23. The van der Waals surface area contributed by atoms with Crippen LogP contribution in [0.1, 0.15) is 30.9 Å². The quantitative estimate of drug-likeness (QED) is 0.758. The number of amides is 2. The Kier molecular flexibility index (Phi) is 3.73. The van der Waals surface area contributed by atoms with E-state index in [-0.39, 0.29) is 11.9 Å². The Labute approximate surface area is 140 Å². The molecule has 2 bridgehead atoms. The fourth-order valence-electron chi connectivity index (χ4n) is 3.49. The highest BCUT2D eigenvalue weighted by atomic mass is 16.6. The van der Waals surface area contributed by atoms with Crippen molar-refractivity contribution in [2.24, 2.45) is 5.73 Å². The summed E-state index contributed by atoms with van der Waals surface area (Å²) in [5.74, 6) is 0.890. The molecule has 2 atom stereocenters. The summed E-state index contributed by atoms with van der Waals surface area (Å²) >= 11 is 0. The first kappa shape index (κ1) is 15.5. The summed E-state index contributed by atoms with van der Waals surface area (Å²) in [4.78, 5) is 26.0. The van der Waals surface area contributed by atoms with Gasteiger partial charge in [-0.25, -0.2) is 0 Å². The van der Waals surface area contributed by atoms with Gasteiger partial charge in [0.1, 0.15) is 11.5 Å². The zero-order chi connectivity index (χ0) is 16.8. The van der Waals surface area contributed by atoms with Crippen molar-refractivity contribution in [2.45, 2.75) is 38.3 Å². The lowest BCUT2D eigenvalue weighted by Crippen LogP contribution is -2.52. The minimum absolute atomic E-state index is 0.294. The van der Waals surface area contributed by atoms with Crippen LogP contribution in [0.3, 0.4) is 0 Å². The van der Waals surface area contributed by atoms with Crippen molar-refractivity contribution in [3.63, 3.8) is 0 Å². The van der Waals surface area contributed by atoms with Gasteiger partial charge < -0.3 is 15.0 Å². The number of nitrogens with zero attached hydrogens (tertiary/aromatic N) is 1. The van der Waals surface area contributed by atoms with Crippen LogP contribution in [0.2, 0.25) is 0 Å². The summed E-state index contributed by atoms with van der Waals surface area (Å²) in [5, 5.41) is 2.38. The molecule has 8 heteroatoms. The van der Waals surface area contributed by atoms with Crippen LogP contribution in [-0.4, -0.2) is 48.9 Å². The van der Waals surface area contributed by atoms with Gasteiger partial charge in [0.15, 0.2) is 0 Å². The highest BCUT2D eigenvalue weighted by Gasteiger charge is 2.41. The lowest BCUT2D eigenvalue weighted by atomic mass is 9.89. The van der Waals surface area contributed by atoms with E-state index in [0.717, 1.165) is 30.9 Å². The fourth-order valence-corrected chi connectivity index (χ4v) is 3.49. The van der Waals surface area contributed by atoms with Crippen LogP contribution in [0, 0.1) is 0 Å². The van der Waals surface area contributed by atoms with Crippen molar-refractivity contribution in [3.8, 4) is 11.5 Å². The molecule has 1 aromatic rings. The van der Waals surface area contributed by atoms with Gasteiger partial charge in [0.25, 0.3) is 0 Å². The number of carbonyl (C=O) groups excluding carboxylic acids is 2. The Morgan fingerprint density at radius 1 is 1.46 bits per heavy atom. The first-order chi connectivity index (χ1) is 11.5. The first-order valence-electron chi connectivity index (χ1n) is 8.34. The standard InChI is InChI=1S/C16H20BN3O4/c1-9(18)15(21)19-16(22)12-3-2-4-20(12)8-17-23-13-7-10-5-11(6-10)14(13)24-17/h5,7,9,12H,2-4,6,8,18H2,1H3,(H,19,21,22)/t9-,12+/m1/s1. The maximum absolute atomic E-state index is 12.3. The summed E-state index contributed by atoms with van der Waals surface area (Å²) in [6, 6.07) is 3.08. The molecule has 126 valence electrons. The van der Waals surface area contributed by atoms with Gasteiger partial charge in [0.2, 0.25) is 11.8 Å². The van der Waals surface area contributed by atoms with Crippen LogP contribution in [0.25, 0.3) is 0 Å². The van der Waals surface area contributed by atoms with Crippen molar-refractivity contribution < 1.29 is 18.9 Å². The second-order valence-corrected chi connectivity index (χ2v) is 6.72. The minimum Gasteiger partial charge on any atom is -0.522 e. The van der Waals surface area contributed by atoms with E-state index < -0.39 is 19.1 Å². The largest absolute Gasteiger partial charge is 0.610 e. The van der Waals surface area contributed by atoms with Gasteiger partial charge in [0, 0.05) is 12.0 Å².